The molecule has 0 heterocycles. The van der Waals surface area contributed by atoms with Crippen LogP contribution in [-0.4, -0.2) is 20.1 Å². The summed E-state index contributed by atoms with van der Waals surface area (Å²) in [5, 5.41) is 3.43. The number of rotatable bonds is 4. The minimum absolute atomic E-state index is 0.288. The van der Waals surface area contributed by atoms with E-state index in [1.54, 1.807) is 37.4 Å². The second kappa shape index (κ2) is 6.70. The van der Waals surface area contributed by atoms with Gasteiger partial charge in [0.25, 0.3) is 5.91 Å². The summed E-state index contributed by atoms with van der Waals surface area (Å²) in [6.07, 6.45) is 0. The van der Waals surface area contributed by atoms with Crippen LogP contribution in [0.25, 0.3) is 0 Å². The highest BCUT2D eigenvalue weighted by molar-refractivity contribution is 6.37. The van der Waals surface area contributed by atoms with Crippen molar-refractivity contribution < 1.29 is 14.3 Å². The highest BCUT2D eigenvalue weighted by Gasteiger charge is 2.12. The quantitative estimate of drug-likeness (QED) is 0.913. The van der Waals surface area contributed by atoms with Crippen LogP contribution in [0.1, 0.15) is 10.4 Å². The van der Waals surface area contributed by atoms with Gasteiger partial charge in [-0.25, -0.2) is 0 Å². The van der Waals surface area contributed by atoms with Gasteiger partial charge in [-0.3, -0.25) is 4.79 Å². The molecule has 0 aliphatic rings. The number of carbonyl (C=O) groups is 1. The van der Waals surface area contributed by atoms with E-state index in [1.165, 1.54) is 13.2 Å². The first-order valence-electron chi connectivity index (χ1n) is 6.03. The molecule has 2 aromatic rings. The molecule has 0 aliphatic carbocycles. The normalized spacial score (nSPS) is 10.1. The van der Waals surface area contributed by atoms with Crippen LogP contribution in [0.4, 0.5) is 5.69 Å². The highest BCUT2D eigenvalue weighted by atomic mass is 35.5. The number of nitrogens with one attached hydrogen (secondary N) is 1. The number of methoxy groups -OCH3 is 2. The number of halogens is 2. The number of ether oxygens (including phenoxy) is 2. The lowest BCUT2D eigenvalue weighted by atomic mass is 10.2. The number of anilines is 1. The first-order chi connectivity index (χ1) is 10.0. The van der Waals surface area contributed by atoms with Gasteiger partial charge < -0.3 is 14.8 Å². The van der Waals surface area contributed by atoms with Crippen LogP contribution in [0.2, 0.25) is 10.0 Å². The van der Waals surface area contributed by atoms with Crippen molar-refractivity contribution in [3.05, 3.63) is 52.0 Å². The zero-order valence-electron chi connectivity index (χ0n) is 11.4. The highest BCUT2D eigenvalue weighted by Crippen LogP contribution is 2.34. The average Bonchev–Trinajstić information content (AvgIpc) is 2.50. The Balaban J connectivity index is 2.22. The van der Waals surface area contributed by atoms with E-state index in [2.05, 4.69) is 5.32 Å². The average molecular weight is 326 g/mol. The fourth-order valence-corrected chi connectivity index (χ4v) is 2.23. The second-order valence-corrected chi connectivity index (χ2v) is 4.96. The van der Waals surface area contributed by atoms with Crippen LogP contribution in [0.5, 0.6) is 11.5 Å². The molecule has 0 spiro atoms. The summed E-state index contributed by atoms with van der Waals surface area (Å²) in [7, 11) is 3.05. The van der Waals surface area contributed by atoms with Gasteiger partial charge in [0, 0.05) is 11.6 Å². The van der Waals surface area contributed by atoms with Gasteiger partial charge in [-0.2, -0.15) is 0 Å². The molecular formula is C15H13Cl2NO3. The Morgan fingerprint density at radius 1 is 1.00 bits per heavy atom. The summed E-state index contributed by atoms with van der Waals surface area (Å²) in [6, 6.07) is 9.83. The Bertz CT molecular complexity index is 657. The molecule has 0 atom stereocenters. The van der Waals surface area contributed by atoms with E-state index < -0.39 is 0 Å². The molecule has 0 radical (unpaired) electrons. The Morgan fingerprint density at radius 3 is 2.24 bits per heavy atom. The van der Waals surface area contributed by atoms with E-state index in [4.69, 9.17) is 32.7 Å². The smallest absolute Gasteiger partial charge is 0.255 e. The summed E-state index contributed by atoms with van der Waals surface area (Å²) >= 11 is 12.0. The lowest BCUT2D eigenvalue weighted by Crippen LogP contribution is -2.12. The maximum atomic E-state index is 12.2. The minimum Gasteiger partial charge on any atom is -0.497 e. The Labute approximate surface area is 132 Å². The molecule has 0 saturated heterocycles. The predicted molar refractivity (Wildman–Crippen MR) is 84.0 cm³/mol. The van der Waals surface area contributed by atoms with Crippen molar-refractivity contribution in [3.8, 4) is 11.5 Å². The van der Waals surface area contributed by atoms with Gasteiger partial charge in [-0.15, -0.1) is 0 Å². The third-order valence-corrected chi connectivity index (χ3v) is 3.45. The first-order valence-corrected chi connectivity index (χ1v) is 6.79. The van der Waals surface area contributed by atoms with Gasteiger partial charge in [-0.05, 0) is 30.3 Å². The molecule has 0 fully saturated rings. The fraction of sp³-hybridized carbons (Fsp3) is 0.133. The summed E-state index contributed by atoms with van der Waals surface area (Å²) < 4.78 is 10.1. The van der Waals surface area contributed by atoms with Crippen LogP contribution >= 0.6 is 23.2 Å². The van der Waals surface area contributed by atoms with Crippen molar-refractivity contribution in [2.75, 3.05) is 19.5 Å². The summed E-state index contributed by atoms with van der Waals surface area (Å²) in [6.45, 7) is 0. The standard InChI is InChI=1S/C15H13Cl2NO3/c1-20-10-5-3-9(4-6-10)15(19)18-13-8-14(21-2)12(17)7-11(13)16/h3-8H,1-2H3,(H,18,19). The summed E-state index contributed by atoms with van der Waals surface area (Å²) in [5.74, 6) is 0.827. The molecule has 0 saturated carbocycles. The van der Waals surface area contributed by atoms with Crippen molar-refractivity contribution >= 4 is 34.8 Å². The van der Waals surface area contributed by atoms with Crippen LogP contribution in [-0.2, 0) is 0 Å². The summed E-state index contributed by atoms with van der Waals surface area (Å²) in [5.41, 5.74) is 0.916. The zero-order valence-corrected chi connectivity index (χ0v) is 13.0. The van der Waals surface area contributed by atoms with Crippen LogP contribution in [0, 0.1) is 0 Å². The van der Waals surface area contributed by atoms with E-state index in [0.717, 1.165) is 0 Å². The molecule has 2 aromatic carbocycles. The molecule has 0 unspecified atom stereocenters. The predicted octanol–water partition coefficient (Wildman–Crippen LogP) is 4.26. The van der Waals surface area contributed by atoms with E-state index in [-0.39, 0.29) is 5.91 Å². The lowest BCUT2D eigenvalue weighted by molar-refractivity contribution is 0.102. The molecule has 2 rings (SSSR count). The lowest BCUT2D eigenvalue weighted by Gasteiger charge is -2.11. The van der Waals surface area contributed by atoms with E-state index in [0.29, 0.717) is 32.8 Å². The number of benzene rings is 2. The van der Waals surface area contributed by atoms with E-state index in [1.807, 2.05) is 0 Å². The number of amides is 1. The van der Waals surface area contributed by atoms with Gasteiger partial charge in [0.1, 0.15) is 11.5 Å². The molecule has 0 aromatic heterocycles. The van der Waals surface area contributed by atoms with Crippen molar-refractivity contribution in [3.63, 3.8) is 0 Å². The molecule has 1 N–H and O–H groups in total. The largest absolute Gasteiger partial charge is 0.497 e. The van der Waals surface area contributed by atoms with Crippen molar-refractivity contribution in [2.45, 2.75) is 0 Å². The SMILES string of the molecule is COc1ccc(C(=O)Nc2cc(OC)c(Cl)cc2Cl)cc1. The Hall–Kier alpha value is -1.91. The molecule has 110 valence electrons. The van der Waals surface area contributed by atoms with Crippen LogP contribution in [0.3, 0.4) is 0 Å². The van der Waals surface area contributed by atoms with Crippen LogP contribution < -0.4 is 14.8 Å². The number of hydrogen-bond acceptors (Lipinski definition) is 3. The third-order valence-electron chi connectivity index (χ3n) is 2.84. The topological polar surface area (TPSA) is 47.6 Å². The molecular weight excluding hydrogens is 313 g/mol. The number of hydrogen-bond donors (Lipinski definition) is 1. The van der Waals surface area contributed by atoms with E-state index in [9.17, 15) is 4.79 Å². The molecule has 4 nitrogen and oxygen atoms in total. The number of carbonyl (C=O) groups excluding carboxylic acids is 1. The van der Waals surface area contributed by atoms with Gasteiger partial charge >= 0.3 is 0 Å². The maximum absolute atomic E-state index is 12.2. The molecule has 0 bridgehead atoms. The molecule has 6 heteroatoms. The fourth-order valence-electron chi connectivity index (χ4n) is 1.72. The van der Waals surface area contributed by atoms with Gasteiger partial charge in [0.2, 0.25) is 0 Å². The minimum atomic E-state index is -0.288. The van der Waals surface area contributed by atoms with Gasteiger partial charge in [-0.1, -0.05) is 23.2 Å². The third kappa shape index (κ3) is 3.60. The Morgan fingerprint density at radius 2 is 1.67 bits per heavy atom. The molecule has 21 heavy (non-hydrogen) atoms. The first kappa shape index (κ1) is 15.5. The molecule has 0 aliphatic heterocycles. The van der Waals surface area contributed by atoms with Crippen molar-refractivity contribution in [2.24, 2.45) is 0 Å². The van der Waals surface area contributed by atoms with Crippen molar-refractivity contribution in [1.29, 1.82) is 0 Å². The Kier molecular flexibility index (Phi) is 4.94. The van der Waals surface area contributed by atoms with Crippen molar-refractivity contribution in [1.82, 2.24) is 0 Å². The monoisotopic (exact) mass is 325 g/mol. The van der Waals surface area contributed by atoms with Gasteiger partial charge in [0.05, 0.1) is 30.0 Å². The van der Waals surface area contributed by atoms with Crippen LogP contribution in [0.15, 0.2) is 36.4 Å². The van der Waals surface area contributed by atoms with Gasteiger partial charge in [0.15, 0.2) is 0 Å². The summed E-state index contributed by atoms with van der Waals surface area (Å²) in [4.78, 5) is 12.2. The van der Waals surface area contributed by atoms with E-state index >= 15 is 0 Å². The second-order valence-electron chi connectivity index (χ2n) is 4.15. The zero-order chi connectivity index (χ0) is 15.4. The maximum Gasteiger partial charge on any atom is 0.255 e. The molecule has 1 amide bonds.